The standard InChI is InChI=1S/C24H32N6O4S2/c1-29(2)23(33)16-5-9-30(10-6-16)24-26-15-36-20(7-12-35-24)22(32)27-17-3-4-19-18(13-17)28-21(34-19)14-25-8-11-31/h3-4,7,13,16,25,31H,5-6,8-12,14-15H2,1-2H3,(H,27,32)/b20-7-,26-24-. The van der Waals surface area contributed by atoms with Crippen LogP contribution in [0.2, 0.25) is 0 Å². The Morgan fingerprint density at radius 1 is 1.25 bits per heavy atom. The molecule has 36 heavy (non-hydrogen) atoms. The summed E-state index contributed by atoms with van der Waals surface area (Å²) in [4.78, 5) is 38.9. The molecule has 10 nitrogen and oxygen atoms in total. The van der Waals surface area contributed by atoms with E-state index in [1.807, 2.05) is 20.2 Å². The fourth-order valence-corrected chi connectivity index (χ4v) is 5.90. The van der Waals surface area contributed by atoms with E-state index in [4.69, 9.17) is 14.5 Å². The lowest BCUT2D eigenvalue weighted by Crippen LogP contribution is -2.42. The molecule has 1 fully saturated rings. The van der Waals surface area contributed by atoms with Crippen LogP contribution in [0.5, 0.6) is 0 Å². The number of hydrogen-bond acceptors (Lipinski definition) is 10. The van der Waals surface area contributed by atoms with Crippen molar-refractivity contribution in [1.82, 2.24) is 20.1 Å². The molecule has 1 aromatic heterocycles. The first-order valence-corrected chi connectivity index (χ1v) is 13.9. The lowest BCUT2D eigenvalue weighted by atomic mass is 9.96. The number of aliphatic imine (C=N–C) groups is 1. The third-order valence-electron chi connectivity index (χ3n) is 5.93. The largest absolute Gasteiger partial charge is 0.439 e. The van der Waals surface area contributed by atoms with E-state index < -0.39 is 0 Å². The van der Waals surface area contributed by atoms with Gasteiger partial charge in [-0.05, 0) is 31.0 Å². The first kappa shape index (κ1) is 26.5. The first-order valence-electron chi connectivity index (χ1n) is 11.9. The maximum atomic E-state index is 12.9. The number of amidine groups is 1. The number of thioether (sulfide) groups is 2. The van der Waals surface area contributed by atoms with Gasteiger partial charge in [0, 0.05) is 51.1 Å². The van der Waals surface area contributed by atoms with E-state index in [0.29, 0.717) is 52.3 Å². The van der Waals surface area contributed by atoms with Crippen molar-refractivity contribution in [2.75, 3.05) is 57.3 Å². The van der Waals surface area contributed by atoms with Gasteiger partial charge in [-0.15, -0.1) is 0 Å². The molecule has 0 aliphatic carbocycles. The van der Waals surface area contributed by atoms with Crippen LogP contribution in [0.3, 0.4) is 0 Å². The number of carbonyl (C=O) groups is 2. The van der Waals surface area contributed by atoms with Crippen LogP contribution in [0.4, 0.5) is 5.69 Å². The maximum absolute atomic E-state index is 12.9. The number of aliphatic hydroxyl groups excluding tert-OH is 1. The fraction of sp³-hybridized carbons (Fsp3) is 0.500. The second-order valence-electron chi connectivity index (χ2n) is 8.73. The van der Waals surface area contributed by atoms with Crippen molar-refractivity contribution in [1.29, 1.82) is 0 Å². The Bertz CT molecular complexity index is 1140. The van der Waals surface area contributed by atoms with Gasteiger partial charge in [-0.25, -0.2) is 4.98 Å². The number of fused-ring (bicyclic) bond motifs is 1. The van der Waals surface area contributed by atoms with Gasteiger partial charge in [0.1, 0.15) is 5.52 Å². The Balaban J connectivity index is 1.29. The van der Waals surface area contributed by atoms with E-state index in [9.17, 15) is 9.59 Å². The summed E-state index contributed by atoms with van der Waals surface area (Å²) in [6.07, 6.45) is 3.62. The van der Waals surface area contributed by atoms with Crippen molar-refractivity contribution < 1.29 is 19.1 Å². The molecule has 0 spiro atoms. The van der Waals surface area contributed by atoms with Crippen LogP contribution in [0.1, 0.15) is 18.7 Å². The molecule has 2 aliphatic heterocycles. The van der Waals surface area contributed by atoms with Crippen molar-refractivity contribution in [2.24, 2.45) is 10.9 Å². The zero-order valence-electron chi connectivity index (χ0n) is 20.5. The summed E-state index contributed by atoms with van der Waals surface area (Å²) in [5, 5.41) is 15.8. The van der Waals surface area contributed by atoms with Crippen molar-refractivity contribution in [2.45, 2.75) is 19.4 Å². The van der Waals surface area contributed by atoms with Crippen molar-refractivity contribution >= 4 is 57.3 Å². The number of carbonyl (C=O) groups excluding carboxylic acids is 2. The van der Waals surface area contributed by atoms with E-state index >= 15 is 0 Å². The van der Waals surface area contributed by atoms with Crippen LogP contribution in [-0.2, 0) is 16.1 Å². The summed E-state index contributed by atoms with van der Waals surface area (Å²) in [7, 11) is 3.62. The molecular weight excluding hydrogens is 500 g/mol. The number of anilines is 1. The Morgan fingerprint density at radius 2 is 2.06 bits per heavy atom. The number of nitrogens with zero attached hydrogens (tertiary/aromatic N) is 4. The van der Waals surface area contributed by atoms with E-state index in [2.05, 4.69) is 20.5 Å². The quantitative estimate of drug-likeness (QED) is 0.461. The molecule has 2 amide bonds. The molecule has 12 heteroatoms. The smallest absolute Gasteiger partial charge is 0.261 e. The number of nitrogens with one attached hydrogen (secondary N) is 2. The van der Waals surface area contributed by atoms with Gasteiger partial charge in [-0.2, -0.15) is 0 Å². The molecule has 2 aromatic rings. The van der Waals surface area contributed by atoms with Crippen LogP contribution in [0.25, 0.3) is 11.1 Å². The third-order valence-corrected chi connectivity index (χ3v) is 7.83. The Labute approximate surface area is 219 Å². The number of hydrogen-bond donors (Lipinski definition) is 3. The molecule has 194 valence electrons. The number of amides is 2. The molecule has 3 heterocycles. The van der Waals surface area contributed by atoms with Gasteiger partial charge in [0.05, 0.1) is 23.9 Å². The predicted molar refractivity (Wildman–Crippen MR) is 145 cm³/mol. The number of aromatic nitrogens is 1. The number of oxazole rings is 1. The SMILES string of the molecule is CN(C)C(=O)C1CCN(/C2=N/CS/C(C(=O)Nc3ccc4oc(CNCCO)nc4c3)=C\CS2)CC1. The summed E-state index contributed by atoms with van der Waals surface area (Å²) >= 11 is 3.05. The van der Waals surface area contributed by atoms with E-state index in [0.717, 1.165) is 31.1 Å². The monoisotopic (exact) mass is 532 g/mol. The minimum atomic E-state index is -0.171. The Morgan fingerprint density at radius 3 is 2.81 bits per heavy atom. The van der Waals surface area contributed by atoms with E-state index in [1.54, 1.807) is 34.9 Å². The van der Waals surface area contributed by atoms with Gasteiger partial charge in [-0.3, -0.25) is 14.6 Å². The summed E-state index contributed by atoms with van der Waals surface area (Å²) in [5.41, 5.74) is 1.95. The fourth-order valence-electron chi connectivity index (χ4n) is 4.08. The third kappa shape index (κ3) is 6.81. The molecule has 4 rings (SSSR count). The zero-order chi connectivity index (χ0) is 25.5. The lowest BCUT2D eigenvalue weighted by molar-refractivity contribution is -0.134. The average molecular weight is 533 g/mol. The molecule has 0 atom stereocenters. The van der Waals surface area contributed by atoms with Crippen molar-refractivity contribution in [3.8, 4) is 0 Å². The Hall–Kier alpha value is -2.54. The highest BCUT2D eigenvalue weighted by molar-refractivity contribution is 8.14. The van der Waals surface area contributed by atoms with Gasteiger partial charge in [0.15, 0.2) is 10.8 Å². The molecule has 1 aromatic carbocycles. The minimum Gasteiger partial charge on any atom is -0.439 e. The van der Waals surface area contributed by atoms with Crippen LogP contribution in [-0.4, -0.2) is 88.8 Å². The highest BCUT2D eigenvalue weighted by Gasteiger charge is 2.28. The first-order chi connectivity index (χ1) is 17.4. The molecule has 0 bridgehead atoms. The molecule has 0 saturated carbocycles. The van der Waals surface area contributed by atoms with Crippen LogP contribution in [0.15, 0.2) is 38.6 Å². The number of aliphatic hydroxyl groups is 1. The molecule has 0 radical (unpaired) electrons. The number of benzene rings is 1. The molecule has 2 aliphatic rings. The van der Waals surface area contributed by atoms with Gasteiger partial charge in [0.2, 0.25) is 11.8 Å². The van der Waals surface area contributed by atoms with Gasteiger partial charge in [-0.1, -0.05) is 29.6 Å². The van der Waals surface area contributed by atoms with Gasteiger partial charge < -0.3 is 30.0 Å². The van der Waals surface area contributed by atoms with Crippen LogP contribution < -0.4 is 10.6 Å². The molecular formula is C24H32N6O4S2. The van der Waals surface area contributed by atoms with E-state index in [-0.39, 0.29) is 24.3 Å². The van der Waals surface area contributed by atoms with Crippen LogP contribution >= 0.6 is 23.5 Å². The highest BCUT2D eigenvalue weighted by Crippen LogP contribution is 2.27. The van der Waals surface area contributed by atoms with Crippen molar-refractivity contribution in [3.63, 3.8) is 0 Å². The number of likely N-dealkylation sites (tertiary alicyclic amines) is 1. The summed E-state index contributed by atoms with van der Waals surface area (Å²) < 4.78 is 5.69. The topological polar surface area (TPSA) is 123 Å². The number of piperidine rings is 1. The minimum absolute atomic E-state index is 0.0489. The predicted octanol–water partition coefficient (Wildman–Crippen LogP) is 2.33. The molecule has 3 N–H and O–H groups in total. The summed E-state index contributed by atoms with van der Waals surface area (Å²) in [5.74, 6) is 1.76. The summed E-state index contributed by atoms with van der Waals surface area (Å²) in [6.45, 7) is 2.58. The second-order valence-corrected chi connectivity index (χ2v) is 10.7. The van der Waals surface area contributed by atoms with Crippen LogP contribution in [0, 0.1) is 5.92 Å². The number of rotatable bonds is 7. The summed E-state index contributed by atoms with van der Waals surface area (Å²) in [6, 6.07) is 5.37. The maximum Gasteiger partial charge on any atom is 0.261 e. The van der Waals surface area contributed by atoms with Crippen molar-refractivity contribution in [3.05, 3.63) is 35.1 Å². The average Bonchev–Trinajstić information content (AvgIpc) is 3.26. The second kappa shape index (κ2) is 12.6. The lowest BCUT2D eigenvalue weighted by Gasteiger charge is -2.34. The normalized spacial score (nSPS) is 20.1. The van der Waals surface area contributed by atoms with E-state index in [1.165, 1.54) is 11.8 Å². The Kier molecular flexibility index (Phi) is 9.30. The van der Waals surface area contributed by atoms with Gasteiger partial charge >= 0.3 is 0 Å². The highest BCUT2D eigenvalue weighted by atomic mass is 32.2. The molecule has 0 unspecified atom stereocenters. The van der Waals surface area contributed by atoms with Gasteiger partial charge in [0.25, 0.3) is 5.91 Å². The zero-order valence-corrected chi connectivity index (χ0v) is 22.2. The molecule has 1 saturated heterocycles.